The van der Waals surface area contributed by atoms with E-state index >= 15 is 0 Å². The van der Waals surface area contributed by atoms with Gasteiger partial charge in [0, 0.05) is 12.2 Å². The molecule has 1 aliphatic rings. The summed E-state index contributed by atoms with van der Waals surface area (Å²) < 4.78 is 0. The fraction of sp³-hybridized carbons (Fsp3) is 0.556. The Kier molecular flexibility index (Phi) is 6.19. The average Bonchev–Trinajstić information content (AvgIpc) is 2.13. The molecule has 0 saturated carbocycles. The summed E-state index contributed by atoms with van der Waals surface area (Å²) in [6, 6.07) is 0. The van der Waals surface area contributed by atoms with Gasteiger partial charge in [0.05, 0.1) is 0 Å². The summed E-state index contributed by atoms with van der Waals surface area (Å²) in [6.07, 6.45) is 4.39. The van der Waals surface area contributed by atoms with E-state index in [9.17, 15) is 0 Å². The van der Waals surface area contributed by atoms with E-state index in [2.05, 4.69) is 5.32 Å². The molecule has 0 saturated heterocycles. The van der Waals surface area contributed by atoms with Gasteiger partial charge >= 0.3 is 0 Å². The molecule has 0 radical (unpaired) electrons. The Bertz CT molecular complexity index is 171. The van der Waals surface area contributed by atoms with E-state index in [1.165, 1.54) is 11.8 Å². The van der Waals surface area contributed by atoms with E-state index in [4.69, 9.17) is 11.5 Å². The van der Waals surface area contributed by atoms with Crippen LogP contribution in [0.5, 0.6) is 0 Å². The molecule has 3 nitrogen and oxygen atoms in total. The summed E-state index contributed by atoms with van der Waals surface area (Å²) in [5, 5.41) is 3.17. The van der Waals surface area contributed by atoms with Crippen molar-refractivity contribution < 1.29 is 0 Å². The van der Waals surface area contributed by atoms with Gasteiger partial charge < -0.3 is 16.8 Å². The predicted octanol–water partition coefficient (Wildman–Crippen LogP) is 0.691. The summed E-state index contributed by atoms with van der Waals surface area (Å²) in [4.78, 5) is 0. The molecule has 0 spiro atoms. The maximum Gasteiger partial charge on any atom is 0.0354 e. The fourth-order valence-corrected chi connectivity index (χ4v) is 1.03. The molecule has 0 aromatic rings. The van der Waals surface area contributed by atoms with Crippen molar-refractivity contribution in [2.45, 2.75) is 20.3 Å². The van der Waals surface area contributed by atoms with Crippen molar-refractivity contribution in [3.8, 4) is 0 Å². The van der Waals surface area contributed by atoms with Gasteiger partial charge in [0.25, 0.3) is 0 Å². The smallest absolute Gasteiger partial charge is 0.0354 e. The van der Waals surface area contributed by atoms with Crippen molar-refractivity contribution in [2.75, 3.05) is 13.1 Å². The lowest BCUT2D eigenvalue weighted by atomic mass is 10.1. The van der Waals surface area contributed by atoms with Gasteiger partial charge in [-0.25, -0.2) is 0 Å². The van der Waals surface area contributed by atoms with Gasteiger partial charge in [-0.3, -0.25) is 0 Å². The van der Waals surface area contributed by atoms with Gasteiger partial charge in [-0.2, -0.15) is 0 Å². The Morgan fingerprint density at radius 1 is 1.42 bits per heavy atom. The molecule has 0 amide bonds. The monoisotopic (exact) mass is 169 g/mol. The SMILES string of the molecule is CC.N/C=C\C1=C(N)CNCC1. The third-order valence-corrected chi connectivity index (χ3v) is 1.60. The summed E-state index contributed by atoms with van der Waals surface area (Å²) >= 11 is 0. The van der Waals surface area contributed by atoms with Crippen LogP contribution in [-0.4, -0.2) is 13.1 Å². The highest BCUT2D eigenvalue weighted by Crippen LogP contribution is 2.08. The van der Waals surface area contributed by atoms with Crippen LogP contribution < -0.4 is 16.8 Å². The minimum Gasteiger partial charge on any atom is -0.405 e. The van der Waals surface area contributed by atoms with E-state index in [1.807, 2.05) is 19.9 Å². The number of hydrogen-bond acceptors (Lipinski definition) is 3. The predicted molar refractivity (Wildman–Crippen MR) is 53.4 cm³/mol. The van der Waals surface area contributed by atoms with Crippen LogP contribution in [0.2, 0.25) is 0 Å². The Labute approximate surface area is 74.5 Å². The zero-order valence-electron chi connectivity index (χ0n) is 7.93. The van der Waals surface area contributed by atoms with Crippen LogP contribution in [0.3, 0.4) is 0 Å². The van der Waals surface area contributed by atoms with E-state index in [-0.39, 0.29) is 0 Å². The third-order valence-electron chi connectivity index (χ3n) is 1.60. The lowest BCUT2D eigenvalue weighted by Gasteiger charge is -2.15. The number of nitrogens with one attached hydrogen (secondary N) is 1. The maximum absolute atomic E-state index is 5.68. The van der Waals surface area contributed by atoms with Crippen LogP contribution in [0.1, 0.15) is 20.3 Å². The van der Waals surface area contributed by atoms with Gasteiger partial charge in [0.2, 0.25) is 0 Å². The second-order valence-electron chi connectivity index (χ2n) is 2.34. The first-order valence-corrected chi connectivity index (χ1v) is 4.41. The van der Waals surface area contributed by atoms with Crippen LogP contribution in [0.15, 0.2) is 23.5 Å². The highest BCUT2D eigenvalue weighted by Gasteiger charge is 2.04. The minimum atomic E-state index is 0.791. The van der Waals surface area contributed by atoms with Crippen molar-refractivity contribution in [3.63, 3.8) is 0 Å². The molecule has 5 N–H and O–H groups in total. The second kappa shape index (κ2) is 6.73. The van der Waals surface area contributed by atoms with Crippen LogP contribution in [0, 0.1) is 0 Å². The zero-order valence-corrected chi connectivity index (χ0v) is 7.93. The lowest BCUT2D eigenvalue weighted by molar-refractivity contribution is 0.680. The van der Waals surface area contributed by atoms with Crippen LogP contribution >= 0.6 is 0 Å². The summed E-state index contributed by atoms with van der Waals surface area (Å²) in [7, 11) is 0. The average molecular weight is 169 g/mol. The molecule has 0 aromatic heterocycles. The normalized spacial score (nSPS) is 17.5. The Morgan fingerprint density at radius 2 is 2.08 bits per heavy atom. The molecule has 1 aliphatic heterocycles. The molecule has 0 fully saturated rings. The highest BCUT2D eigenvalue weighted by atomic mass is 14.9. The van der Waals surface area contributed by atoms with E-state index in [0.29, 0.717) is 0 Å². The number of nitrogens with two attached hydrogens (primary N) is 2. The summed E-state index contributed by atoms with van der Waals surface area (Å²) in [5.74, 6) is 0. The first-order valence-electron chi connectivity index (χ1n) is 4.41. The quantitative estimate of drug-likeness (QED) is 0.541. The van der Waals surface area contributed by atoms with Crippen molar-refractivity contribution >= 4 is 0 Å². The first-order chi connectivity index (χ1) is 5.84. The number of hydrogen-bond donors (Lipinski definition) is 3. The third kappa shape index (κ3) is 3.44. The zero-order chi connectivity index (χ0) is 9.40. The summed E-state index contributed by atoms with van der Waals surface area (Å²) in [5.41, 5.74) is 13.0. The van der Waals surface area contributed by atoms with Crippen LogP contribution in [0.4, 0.5) is 0 Å². The van der Waals surface area contributed by atoms with Gasteiger partial charge in [-0.05, 0) is 30.8 Å². The van der Waals surface area contributed by atoms with Gasteiger partial charge in [-0.15, -0.1) is 0 Å². The minimum absolute atomic E-state index is 0.791. The van der Waals surface area contributed by atoms with Crippen molar-refractivity contribution in [2.24, 2.45) is 11.5 Å². The van der Waals surface area contributed by atoms with Crippen molar-refractivity contribution in [1.29, 1.82) is 0 Å². The molecule has 0 unspecified atom stereocenters. The van der Waals surface area contributed by atoms with Crippen LogP contribution in [-0.2, 0) is 0 Å². The molecule has 3 heteroatoms. The van der Waals surface area contributed by atoms with Crippen molar-refractivity contribution in [1.82, 2.24) is 5.32 Å². The molecule has 1 rings (SSSR count). The number of rotatable bonds is 1. The molecule has 12 heavy (non-hydrogen) atoms. The summed E-state index contributed by atoms with van der Waals surface area (Å²) in [6.45, 7) is 5.79. The first kappa shape index (κ1) is 11.0. The maximum atomic E-state index is 5.68. The topological polar surface area (TPSA) is 64.1 Å². The van der Waals surface area contributed by atoms with Gasteiger partial charge in [0.15, 0.2) is 0 Å². The van der Waals surface area contributed by atoms with E-state index in [0.717, 1.165) is 25.2 Å². The second-order valence-corrected chi connectivity index (χ2v) is 2.34. The van der Waals surface area contributed by atoms with E-state index in [1.54, 1.807) is 0 Å². The molecule has 70 valence electrons. The fourth-order valence-electron chi connectivity index (χ4n) is 1.03. The number of allylic oxidation sites excluding steroid dienone is 1. The molecule has 0 aromatic carbocycles. The van der Waals surface area contributed by atoms with Gasteiger partial charge in [-0.1, -0.05) is 13.8 Å². The van der Waals surface area contributed by atoms with Gasteiger partial charge in [0.1, 0.15) is 0 Å². The highest BCUT2D eigenvalue weighted by molar-refractivity contribution is 5.26. The molecule has 0 aliphatic carbocycles. The van der Waals surface area contributed by atoms with Crippen LogP contribution in [0.25, 0.3) is 0 Å². The lowest BCUT2D eigenvalue weighted by Crippen LogP contribution is -2.28. The van der Waals surface area contributed by atoms with E-state index < -0.39 is 0 Å². The standard InChI is InChI=1S/C7H13N3.C2H6/c8-3-1-6-2-4-10-5-7(6)9;1-2/h1,3,10H,2,4-5,8-9H2;1-2H3/b3-1-;. The molecule has 0 atom stereocenters. The Hall–Kier alpha value is -0.960. The largest absolute Gasteiger partial charge is 0.405 e. The van der Waals surface area contributed by atoms with Crippen molar-refractivity contribution in [3.05, 3.63) is 23.5 Å². The Balaban J connectivity index is 0.000000561. The molecular formula is C9H19N3. The molecule has 0 bridgehead atoms. The molecular weight excluding hydrogens is 150 g/mol. The molecule has 1 heterocycles. The Morgan fingerprint density at radius 3 is 2.58 bits per heavy atom.